The largest absolute Gasteiger partial charge is 0.507 e. The third-order valence-corrected chi connectivity index (χ3v) is 4.11. The first-order valence-electron chi connectivity index (χ1n) is 8.22. The van der Waals surface area contributed by atoms with Crippen LogP contribution in [-0.2, 0) is 15.7 Å². The summed E-state index contributed by atoms with van der Waals surface area (Å²) < 4.78 is 45.5. The van der Waals surface area contributed by atoms with Crippen molar-refractivity contribution in [3.8, 4) is 16.9 Å². The van der Waals surface area contributed by atoms with Crippen LogP contribution in [-0.4, -0.2) is 18.2 Å². The minimum Gasteiger partial charge on any atom is -0.507 e. The van der Waals surface area contributed by atoms with Gasteiger partial charge in [0.2, 0.25) is 0 Å². The van der Waals surface area contributed by atoms with Crippen LogP contribution in [0.2, 0.25) is 0 Å². The summed E-state index contributed by atoms with van der Waals surface area (Å²) in [6, 6.07) is 11.1. The molecule has 0 aliphatic rings. The molecule has 1 N–H and O–H groups in total. The topological polar surface area (TPSA) is 46.5 Å². The van der Waals surface area contributed by atoms with Crippen molar-refractivity contribution in [2.75, 3.05) is 7.11 Å². The number of ether oxygens (including phenoxy) is 1. The average molecular weight is 366 g/mol. The Labute approximate surface area is 150 Å². The fourth-order valence-electron chi connectivity index (χ4n) is 2.99. The van der Waals surface area contributed by atoms with E-state index in [1.807, 2.05) is 13.8 Å². The zero-order valence-corrected chi connectivity index (χ0v) is 14.8. The lowest BCUT2D eigenvalue weighted by molar-refractivity contribution is -0.144. The summed E-state index contributed by atoms with van der Waals surface area (Å²) in [6.07, 6.45) is -4.62. The highest BCUT2D eigenvalue weighted by Crippen LogP contribution is 2.44. The molecule has 1 atom stereocenters. The van der Waals surface area contributed by atoms with E-state index in [0.717, 1.165) is 13.2 Å². The Hall–Kier alpha value is -2.50. The normalized spacial score (nSPS) is 12.9. The lowest BCUT2D eigenvalue weighted by atomic mass is 9.85. The van der Waals surface area contributed by atoms with Crippen LogP contribution in [0.4, 0.5) is 13.2 Å². The third-order valence-electron chi connectivity index (χ3n) is 4.11. The van der Waals surface area contributed by atoms with Crippen LogP contribution >= 0.6 is 0 Å². The molecule has 3 nitrogen and oxygen atoms in total. The number of benzene rings is 2. The zero-order valence-electron chi connectivity index (χ0n) is 14.8. The van der Waals surface area contributed by atoms with Gasteiger partial charge in [-0.3, -0.25) is 4.79 Å². The number of rotatable bonds is 5. The van der Waals surface area contributed by atoms with E-state index in [0.29, 0.717) is 11.1 Å². The maximum atomic E-state index is 13.6. The van der Waals surface area contributed by atoms with Gasteiger partial charge in [-0.05, 0) is 41.2 Å². The highest BCUT2D eigenvalue weighted by Gasteiger charge is 2.40. The number of carbonyl (C=O) groups excluding carboxylic acids is 1. The molecule has 0 aromatic heterocycles. The molecule has 2 aromatic carbocycles. The number of phenols is 1. The molecular weight excluding hydrogens is 345 g/mol. The summed E-state index contributed by atoms with van der Waals surface area (Å²) in [5, 5.41) is 10.1. The number of esters is 1. The predicted molar refractivity (Wildman–Crippen MR) is 92.8 cm³/mol. The molecule has 2 aromatic rings. The average Bonchev–Trinajstić information content (AvgIpc) is 2.57. The molecule has 26 heavy (non-hydrogen) atoms. The summed E-state index contributed by atoms with van der Waals surface area (Å²) in [6.45, 7) is 3.62. The van der Waals surface area contributed by atoms with Gasteiger partial charge < -0.3 is 9.84 Å². The number of hydrogen-bond acceptors (Lipinski definition) is 3. The monoisotopic (exact) mass is 366 g/mol. The molecule has 0 amide bonds. The fraction of sp³-hybridized carbons (Fsp3) is 0.350. The van der Waals surface area contributed by atoms with Gasteiger partial charge in [0.05, 0.1) is 13.0 Å². The Kier molecular flexibility index (Phi) is 5.95. The Morgan fingerprint density at radius 1 is 1.12 bits per heavy atom. The molecule has 1 unspecified atom stereocenters. The number of aromatic hydroxyl groups is 1. The van der Waals surface area contributed by atoms with Crippen LogP contribution in [0.15, 0.2) is 42.5 Å². The van der Waals surface area contributed by atoms with Crippen LogP contribution in [0.5, 0.6) is 5.75 Å². The van der Waals surface area contributed by atoms with Crippen LogP contribution in [0.1, 0.15) is 37.3 Å². The van der Waals surface area contributed by atoms with Crippen molar-refractivity contribution in [1.29, 1.82) is 0 Å². The molecule has 0 saturated heterocycles. The summed E-state index contributed by atoms with van der Waals surface area (Å²) in [5.41, 5.74) is -0.403. The Morgan fingerprint density at radius 3 is 2.23 bits per heavy atom. The second-order valence-electron chi connectivity index (χ2n) is 6.53. The van der Waals surface area contributed by atoms with Gasteiger partial charge >= 0.3 is 12.1 Å². The predicted octanol–water partition coefficient (Wildman–Crippen LogP) is 5.38. The second kappa shape index (κ2) is 7.81. The molecule has 0 bridgehead atoms. The van der Waals surface area contributed by atoms with Crippen LogP contribution in [0.25, 0.3) is 11.1 Å². The van der Waals surface area contributed by atoms with Gasteiger partial charge in [0.15, 0.2) is 0 Å². The molecule has 2 rings (SSSR count). The van der Waals surface area contributed by atoms with E-state index < -0.39 is 29.4 Å². The van der Waals surface area contributed by atoms with Gasteiger partial charge in [-0.15, -0.1) is 0 Å². The van der Waals surface area contributed by atoms with Gasteiger partial charge in [-0.1, -0.05) is 44.2 Å². The first kappa shape index (κ1) is 19.8. The lowest BCUT2D eigenvalue weighted by Crippen LogP contribution is -2.21. The smallest absolute Gasteiger partial charge is 0.420 e. The van der Waals surface area contributed by atoms with Gasteiger partial charge in [-0.25, -0.2) is 0 Å². The first-order chi connectivity index (χ1) is 12.1. The van der Waals surface area contributed by atoms with Crippen molar-refractivity contribution in [3.05, 3.63) is 53.6 Å². The molecular formula is C20H21F3O3. The quantitative estimate of drug-likeness (QED) is 0.723. The van der Waals surface area contributed by atoms with Crippen LogP contribution in [0, 0.1) is 5.92 Å². The lowest BCUT2D eigenvalue weighted by Gasteiger charge is -2.23. The van der Waals surface area contributed by atoms with Crippen LogP contribution < -0.4 is 0 Å². The molecule has 6 heteroatoms. The number of halogens is 3. The van der Waals surface area contributed by atoms with Crippen molar-refractivity contribution < 1.29 is 27.8 Å². The summed E-state index contributed by atoms with van der Waals surface area (Å²) in [4.78, 5) is 12.2. The van der Waals surface area contributed by atoms with Gasteiger partial charge in [-0.2, -0.15) is 13.2 Å². The Morgan fingerprint density at radius 2 is 1.73 bits per heavy atom. The minimum absolute atomic E-state index is 0.0392. The van der Waals surface area contributed by atoms with Crippen molar-refractivity contribution in [2.45, 2.75) is 32.4 Å². The molecule has 0 spiro atoms. The van der Waals surface area contributed by atoms with E-state index in [-0.39, 0.29) is 17.9 Å². The zero-order chi connectivity index (χ0) is 19.5. The number of hydrogen-bond donors (Lipinski definition) is 1. The molecule has 0 saturated carbocycles. The van der Waals surface area contributed by atoms with E-state index in [4.69, 9.17) is 4.74 Å². The van der Waals surface area contributed by atoms with Crippen molar-refractivity contribution in [1.82, 2.24) is 0 Å². The van der Waals surface area contributed by atoms with Crippen molar-refractivity contribution in [3.63, 3.8) is 0 Å². The number of phenolic OH excluding ortho intramolecular Hbond substituents is 1. The second-order valence-corrected chi connectivity index (χ2v) is 6.53. The molecule has 0 heterocycles. The fourth-order valence-corrected chi connectivity index (χ4v) is 2.99. The highest BCUT2D eigenvalue weighted by molar-refractivity contribution is 5.81. The first-order valence-corrected chi connectivity index (χ1v) is 8.22. The molecule has 140 valence electrons. The SMILES string of the molecule is COC(=O)C(CC(C)C)c1cc(-c2ccccc2)cc(O)c1C(F)(F)F. The van der Waals surface area contributed by atoms with Gasteiger partial charge in [0, 0.05) is 0 Å². The maximum Gasteiger partial charge on any atom is 0.420 e. The van der Waals surface area contributed by atoms with Gasteiger partial charge in [0.25, 0.3) is 0 Å². The summed E-state index contributed by atoms with van der Waals surface area (Å²) in [5.74, 6) is -2.81. The van der Waals surface area contributed by atoms with Crippen molar-refractivity contribution in [2.24, 2.45) is 5.92 Å². The Bertz CT molecular complexity index is 768. The van der Waals surface area contributed by atoms with E-state index in [1.165, 1.54) is 6.07 Å². The number of methoxy groups -OCH3 is 1. The summed E-state index contributed by atoms with van der Waals surface area (Å²) in [7, 11) is 1.14. The number of alkyl halides is 3. The molecule has 0 fully saturated rings. The van der Waals surface area contributed by atoms with Crippen LogP contribution in [0.3, 0.4) is 0 Å². The van der Waals surface area contributed by atoms with E-state index in [9.17, 15) is 23.1 Å². The minimum atomic E-state index is -4.79. The number of carbonyl (C=O) groups is 1. The van der Waals surface area contributed by atoms with E-state index >= 15 is 0 Å². The third kappa shape index (κ3) is 4.36. The van der Waals surface area contributed by atoms with E-state index in [1.54, 1.807) is 30.3 Å². The summed E-state index contributed by atoms with van der Waals surface area (Å²) >= 11 is 0. The van der Waals surface area contributed by atoms with Crippen molar-refractivity contribution >= 4 is 5.97 Å². The molecule has 0 aliphatic carbocycles. The maximum absolute atomic E-state index is 13.6. The standard InChI is InChI=1S/C20H21F3O3/c1-12(2)9-16(19(25)26-3)15-10-14(13-7-5-4-6-8-13)11-17(24)18(15)20(21,22)23/h4-8,10-12,16,24H,9H2,1-3H3. The Balaban J connectivity index is 2.73. The van der Waals surface area contributed by atoms with E-state index in [2.05, 4.69) is 0 Å². The highest BCUT2D eigenvalue weighted by atomic mass is 19.4. The van der Waals surface area contributed by atoms with Gasteiger partial charge in [0.1, 0.15) is 11.3 Å². The molecule has 0 aliphatic heterocycles. The molecule has 0 radical (unpaired) electrons.